The molecule has 1 amide bonds. The predicted octanol–water partition coefficient (Wildman–Crippen LogP) is 3.73. The average Bonchev–Trinajstić information content (AvgIpc) is 2.91. The summed E-state index contributed by atoms with van der Waals surface area (Å²) in [5.41, 5.74) is 1.20. The Balaban J connectivity index is 1.56. The van der Waals surface area contributed by atoms with E-state index in [-0.39, 0.29) is 5.91 Å². The number of aryl methyl sites for hydroxylation is 1. The molecule has 3 heteroatoms. The van der Waals surface area contributed by atoms with Gasteiger partial charge in [0.1, 0.15) is 0 Å². The van der Waals surface area contributed by atoms with Gasteiger partial charge < -0.3 is 9.88 Å². The Hall–Kier alpha value is -1.77. The quantitative estimate of drug-likeness (QED) is 0.912. The molecule has 0 aliphatic heterocycles. The number of para-hydroxylation sites is 1. The van der Waals surface area contributed by atoms with Gasteiger partial charge in [0.25, 0.3) is 0 Å². The van der Waals surface area contributed by atoms with Gasteiger partial charge in [0.15, 0.2) is 0 Å². The SMILES string of the molecule is CC1CCCCC1NC(=O)CCn1ccc2ccccc21. The molecule has 1 fully saturated rings. The van der Waals surface area contributed by atoms with Crippen LogP contribution in [0.15, 0.2) is 36.5 Å². The van der Waals surface area contributed by atoms with Crippen LogP contribution in [0.2, 0.25) is 0 Å². The molecule has 0 saturated heterocycles. The van der Waals surface area contributed by atoms with Gasteiger partial charge in [-0.25, -0.2) is 0 Å². The summed E-state index contributed by atoms with van der Waals surface area (Å²) < 4.78 is 2.17. The summed E-state index contributed by atoms with van der Waals surface area (Å²) in [6.45, 7) is 3.00. The maximum atomic E-state index is 12.2. The zero-order chi connectivity index (χ0) is 14.7. The molecule has 112 valence electrons. The number of rotatable bonds is 4. The van der Waals surface area contributed by atoms with Gasteiger partial charge >= 0.3 is 0 Å². The normalized spacial score (nSPS) is 22.3. The lowest BCUT2D eigenvalue weighted by molar-refractivity contribution is -0.122. The number of nitrogens with one attached hydrogen (secondary N) is 1. The molecule has 21 heavy (non-hydrogen) atoms. The fraction of sp³-hybridized carbons (Fsp3) is 0.500. The van der Waals surface area contributed by atoms with E-state index in [2.05, 4.69) is 41.2 Å². The molecule has 2 atom stereocenters. The van der Waals surface area contributed by atoms with Crippen LogP contribution in [0.25, 0.3) is 10.9 Å². The van der Waals surface area contributed by atoms with Crippen LogP contribution in [0.3, 0.4) is 0 Å². The molecule has 1 heterocycles. The van der Waals surface area contributed by atoms with Crippen molar-refractivity contribution in [3.63, 3.8) is 0 Å². The van der Waals surface area contributed by atoms with Crippen LogP contribution < -0.4 is 5.32 Å². The van der Waals surface area contributed by atoms with Gasteiger partial charge in [-0.05, 0) is 36.3 Å². The van der Waals surface area contributed by atoms with Gasteiger partial charge in [-0.15, -0.1) is 0 Å². The molecule has 1 aliphatic rings. The van der Waals surface area contributed by atoms with Crippen LogP contribution in [-0.4, -0.2) is 16.5 Å². The minimum absolute atomic E-state index is 0.187. The first-order valence-corrected chi connectivity index (χ1v) is 8.07. The van der Waals surface area contributed by atoms with Crippen molar-refractivity contribution < 1.29 is 4.79 Å². The molecule has 0 radical (unpaired) electrons. The number of hydrogen-bond donors (Lipinski definition) is 1. The molecule has 1 saturated carbocycles. The van der Waals surface area contributed by atoms with Crippen LogP contribution in [0.5, 0.6) is 0 Å². The summed E-state index contributed by atoms with van der Waals surface area (Å²) in [5, 5.41) is 4.46. The second kappa shape index (κ2) is 6.33. The topological polar surface area (TPSA) is 34.0 Å². The van der Waals surface area contributed by atoms with Gasteiger partial charge in [0.05, 0.1) is 0 Å². The molecule has 0 spiro atoms. The first-order chi connectivity index (χ1) is 10.2. The molecular weight excluding hydrogens is 260 g/mol. The van der Waals surface area contributed by atoms with Crippen LogP contribution in [0, 0.1) is 5.92 Å². The van der Waals surface area contributed by atoms with Gasteiger partial charge in [-0.2, -0.15) is 0 Å². The Morgan fingerprint density at radius 2 is 2.05 bits per heavy atom. The van der Waals surface area contributed by atoms with Crippen LogP contribution in [-0.2, 0) is 11.3 Å². The van der Waals surface area contributed by atoms with Crippen molar-refractivity contribution >= 4 is 16.8 Å². The second-order valence-electron chi connectivity index (χ2n) is 6.25. The lowest BCUT2D eigenvalue weighted by atomic mass is 9.86. The Bertz CT molecular complexity index is 616. The number of benzene rings is 1. The molecule has 1 N–H and O–H groups in total. The standard InChI is InChI=1S/C18H24N2O/c1-14-6-2-4-8-16(14)19-18(21)11-13-20-12-10-15-7-3-5-9-17(15)20/h3,5,7,9-10,12,14,16H,2,4,6,8,11,13H2,1H3,(H,19,21). The summed E-state index contributed by atoms with van der Waals surface area (Å²) in [6, 6.07) is 10.8. The van der Waals surface area contributed by atoms with E-state index in [9.17, 15) is 4.79 Å². The number of nitrogens with zero attached hydrogens (tertiary/aromatic N) is 1. The van der Waals surface area contributed by atoms with Crippen molar-refractivity contribution in [3.05, 3.63) is 36.5 Å². The van der Waals surface area contributed by atoms with Gasteiger partial charge in [0.2, 0.25) is 5.91 Å². The van der Waals surface area contributed by atoms with E-state index in [4.69, 9.17) is 0 Å². The van der Waals surface area contributed by atoms with E-state index in [0.717, 1.165) is 13.0 Å². The number of aromatic nitrogens is 1. The lowest BCUT2D eigenvalue weighted by Crippen LogP contribution is -2.41. The fourth-order valence-electron chi connectivity index (χ4n) is 3.37. The third-order valence-corrected chi connectivity index (χ3v) is 4.72. The summed E-state index contributed by atoms with van der Waals surface area (Å²) in [4.78, 5) is 12.2. The Labute approximate surface area is 126 Å². The van der Waals surface area contributed by atoms with Gasteiger partial charge in [-0.1, -0.05) is 38.0 Å². The Morgan fingerprint density at radius 1 is 1.24 bits per heavy atom. The van der Waals surface area contributed by atoms with Crippen molar-refractivity contribution in [2.24, 2.45) is 5.92 Å². The molecule has 3 rings (SSSR count). The summed E-state index contributed by atoms with van der Waals surface area (Å²) in [5.74, 6) is 0.807. The molecular formula is C18H24N2O. The maximum absolute atomic E-state index is 12.2. The monoisotopic (exact) mass is 284 g/mol. The van der Waals surface area contributed by atoms with Crippen LogP contribution in [0.4, 0.5) is 0 Å². The van der Waals surface area contributed by atoms with Crippen molar-refractivity contribution in [3.8, 4) is 0 Å². The highest BCUT2D eigenvalue weighted by molar-refractivity contribution is 5.80. The molecule has 2 aromatic rings. The van der Waals surface area contributed by atoms with Gasteiger partial charge in [-0.3, -0.25) is 4.79 Å². The van der Waals surface area contributed by atoms with Crippen molar-refractivity contribution in [2.75, 3.05) is 0 Å². The zero-order valence-electron chi connectivity index (χ0n) is 12.7. The van der Waals surface area contributed by atoms with Crippen molar-refractivity contribution in [1.82, 2.24) is 9.88 Å². The summed E-state index contributed by atoms with van der Waals surface area (Å²) >= 11 is 0. The van der Waals surface area contributed by atoms with E-state index < -0.39 is 0 Å². The van der Waals surface area contributed by atoms with E-state index in [1.165, 1.54) is 30.2 Å². The third kappa shape index (κ3) is 3.29. The minimum atomic E-state index is 0.187. The van der Waals surface area contributed by atoms with Crippen LogP contribution in [0.1, 0.15) is 39.0 Å². The summed E-state index contributed by atoms with van der Waals surface area (Å²) in [6.07, 6.45) is 7.57. The van der Waals surface area contributed by atoms with Crippen molar-refractivity contribution in [2.45, 2.75) is 51.6 Å². The van der Waals surface area contributed by atoms with E-state index in [1.807, 2.05) is 12.1 Å². The Kier molecular flexibility index (Phi) is 4.28. The first-order valence-electron chi connectivity index (χ1n) is 8.07. The maximum Gasteiger partial charge on any atom is 0.222 e. The largest absolute Gasteiger partial charge is 0.353 e. The number of carbonyl (C=O) groups excluding carboxylic acids is 1. The molecule has 3 nitrogen and oxygen atoms in total. The smallest absolute Gasteiger partial charge is 0.222 e. The van der Waals surface area contributed by atoms with E-state index in [0.29, 0.717) is 18.4 Å². The Morgan fingerprint density at radius 3 is 2.90 bits per heavy atom. The first kappa shape index (κ1) is 14.2. The second-order valence-corrected chi connectivity index (χ2v) is 6.25. The zero-order valence-corrected chi connectivity index (χ0v) is 12.7. The van der Waals surface area contributed by atoms with E-state index in [1.54, 1.807) is 0 Å². The third-order valence-electron chi connectivity index (χ3n) is 4.72. The van der Waals surface area contributed by atoms with Crippen LogP contribution >= 0.6 is 0 Å². The highest BCUT2D eigenvalue weighted by atomic mass is 16.1. The highest BCUT2D eigenvalue weighted by Crippen LogP contribution is 2.23. The number of fused-ring (bicyclic) bond motifs is 1. The minimum Gasteiger partial charge on any atom is -0.353 e. The number of amides is 1. The molecule has 1 aromatic carbocycles. The van der Waals surface area contributed by atoms with Crippen molar-refractivity contribution in [1.29, 1.82) is 0 Å². The molecule has 0 bridgehead atoms. The molecule has 1 aromatic heterocycles. The molecule has 2 unspecified atom stereocenters. The molecule has 1 aliphatic carbocycles. The highest BCUT2D eigenvalue weighted by Gasteiger charge is 2.22. The predicted molar refractivity (Wildman–Crippen MR) is 86.1 cm³/mol. The van der Waals surface area contributed by atoms with Gasteiger partial charge in [0, 0.05) is 30.7 Å². The fourth-order valence-corrected chi connectivity index (χ4v) is 3.37. The lowest BCUT2D eigenvalue weighted by Gasteiger charge is -2.29. The van der Waals surface area contributed by atoms with E-state index >= 15 is 0 Å². The summed E-state index contributed by atoms with van der Waals surface area (Å²) in [7, 11) is 0. The number of carbonyl (C=O) groups is 1. The number of hydrogen-bond acceptors (Lipinski definition) is 1. The average molecular weight is 284 g/mol.